The normalized spacial score (nSPS) is 26.6. The molecule has 2 aromatic rings. The predicted molar refractivity (Wildman–Crippen MR) is 106 cm³/mol. The van der Waals surface area contributed by atoms with Crippen LogP contribution in [0.5, 0.6) is 0 Å². The first kappa shape index (κ1) is 22.6. The second-order valence-electron chi connectivity index (χ2n) is 7.85. The third kappa shape index (κ3) is 3.85. The lowest BCUT2D eigenvalue weighted by molar-refractivity contribution is -0.153. The summed E-state index contributed by atoms with van der Waals surface area (Å²) in [7, 11) is 0. The summed E-state index contributed by atoms with van der Waals surface area (Å²) in [5.74, 6) is -0.816. The molecule has 1 saturated heterocycles. The monoisotopic (exact) mass is 431 g/mol. The van der Waals surface area contributed by atoms with Crippen LogP contribution >= 0.6 is 0 Å². The Morgan fingerprint density at radius 1 is 1.42 bits per heavy atom. The van der Waals surface area contributed by atoms with Gasteiger partial charge in [0.25, 0.3) is 0 Å². The van der Waals surface area contributed by atoms with E-state index < -0.39 is 36.5 Å². The number of carbonyl (C=O) groups is 2. The number of esters is 1. The lowest BCUT2D eigenvalue weighted by atomic mass is 9.92. The molecule has 166 valence electrons. The predicted octanol–water partition coefficient (Wildman–Crippen LogP) is 0.362. The van der Waals surface area contributed by atoms with E-state index in [1.165, 1.54) is 16.9 Å². The van der Waals surface area contributed by atoms with Gasteiger partial charge in [-0.2, -0.15) is 10.4 Å². The Hall–Kier alpha value is -3.07. The summed E-state index contributed by atoms with van der Waals surface area (Å²) in [6.45, 7) is 6.24. The zero-order valence-corrected chi connectivity index (χ0v) is 17.6. The van der Waals surface area contributed by atoms with Crippen LogP contribution in [0, 0.1) is 23.2 Å². The highest BCUT2D eigenvalue weighted by Gasteiger charge is 2.59. The molecule has 0 bridgehead atoms. The van der Waals surface area contributed by atoms with Gasteiger partial charge in [0, 0.05) is 12.8 Å². The molecule has 0 radical (unpaired) electrons. The Morgan fingerprint density at radius 2 is 2.13 bits per heavy atom. The molecular formula is C20H25N5O6. The number of carbonyl (C=O) groups excluding carboxylic acids is 2. The quantitative estimate of drug-likeness (QED) is 0.549. The fourth-order valence-electron chi connectivity index (χ4n) is 3.49. The highest BCUT2D eigenvalue weighted by Crippen LogP contribution is 2.41. The molecule has 1 aliphatic heterocycles. The van der Waals surface area contributed by atoms with Crippen LogP contribution in [0.2, 0.25) is 0 Å². The minimum absolute atomic E-state index is 0.123. The number of ether oxygens (including phenoxy) is 2. The van der Waals surface area contributed by atoms with E-state index in [-0.39, 0.29) is 29.3 Å². The molecule has 0 unspecified atom stereocenters. The summed E-state index contributed by atoms with van der Waals surface area (Å²) in [5.41, 5.74) is -1.45. The van der Waals surface area contributed by atoms with Crippen molar-refractivity contribution in [3.05, 3.63) is 24.2 Å². The third-order valence-electron chi connectivity index (χ3n) is 5.57. The van der Waals surface area contributed by atoms with Crippen molar-refractivity contribution in [2.45, 2.75) is 51.6 Å². The summed E-state index contributed by atoms with van der Waals surface area (Å²) in [6, 6.07) is 5.02. The Balaban J connectivity index is 2.04. The molecule has 3 heterocycles. The van der Waals surface area contributed by atoms with Gasteiger partial charge in [-0.1, -0.05) is 20.8 Å². The number of anilines is 1. The van der Waals surface area contributed by atoms with Crippen molar-refractivity contribution >= 4 is 23.2 Å². The van der Waals surface area contributed by atoms with Crippen LogP contribution in [0.25, 0.3) is 5.52 Å². The number of nitrogens with zero attached hydrogens (tertiary/aromatic N) is 4. The Labute approximate surface area is 178 Å². The molecule has 3 N–H and O–H groups in total. The van der Waals surface area contributed by atoms with Crippen molar-refractivity contribution in [2.75, 3.05) is 11.9 Å². The van der Waals surface area contributed by atoms with Crippen LogP contribution in [0.3, 0.4) is 0 Å². The van der Waals surface area contributed by atoms with Crippen LogP contribution in [-0.2, 0) is 24.7 Å². The van der Waals surface area contributed by atoms with E-state index in [4.69, 9.17) is 9.47 Å². The Kier molecular flexibility index (Phi) is 6.26. The van der Waals surface area contributed by atoms with E-state index in [2.05, 4.69) is 15.4 Å². The van der Waals surface area contributed by atoms with Crippen molar-refractivity contribution in [3.63, 3.8) is 0 Å². The summed E-state index contributed by atoms with van der Waals surface area (Å²) in [6.07, 6.45) is -2.76. The van der Waals surface area contributed by atoms with Crippen LogP contribution in [0.1, 0.15) is 33.4 Å². The second kappa shape index (κ2) is 8.58. The molecule has 1 fully saturated rings. The highest BCUT2D eigenvalue weighted by atomic mass is 16.6. The molecule has 11 nitrogen and oxygen atoms in total. The zero-order valence-electron chi connectivity index (χ0n) is 17.6. The summed E-state index contributed by atoms with van der Waals surface area (Å²) in [4.78, 5) is 28.0. The average molecular weight is 431 g/mol. The number of aromatic nitrogens is 3. The van der Waals surface area contributed by atoms with Gasteiger partial charge in [0.05, 0.1) is 12.3 Å². The maximum Gasteiger partial charge on any atom is 0.303 e. The van der Waals surface area contributed by atoms with Crippen LogP contribution in [0.15, 0.2) is 18.5 Å². The van der Waals surface area contributed by atoms with Gasteiger partial charge in [-0.25, -0.2) is 9.50 Å². The van der Waals surface area contributed by atoms with E-state index in [1.807, 2.05) is 19.9 Å². The Morgan fingerprint density at radius 3 is 2.71 bits per heavy atom. The van der Waals surface area contributed by atoms with Gasteiger partial charge in [0.1, 0.15) is 30.1 Å². The molecule has 1 aliphatic rings. The summed E-state index contributed by atoms with van der Waals surface area (Å²) in [5, 5.41) is 37.3. The smallest absolute Gasteiger partial charge is 0.303 e. The minimum Gasteiger partial charge on any atom is -0.457 e. The van der Waals surface area contributed by atoms with Crippen LogP contribution < -0.4 is 5.32 Å². The van der Waals surface area contributed by atoms with Gasteiger partial charge >= 0.3 is 5.97 Å². The van der Waals surface area contributed by atoms with Crippen molar-refractivity contribution in [2.24, 2.45) is 11.8 Å². The number of fused-ring (bicyclic) bond motifs is 1. The number of amides is 1. The maximum atomic E-state index is 12.5. The SMILES string of the molecule is CC(=O)O[C@H]1[C@@H](O)[C@](C#N)(c2ccc3c(NC(=O)[C@@H](C)C(C)C)ncnn23)O[C@@H]1CO. The van der Waals surface area contributed by atoms with Crippen molar-refractivity contribution in [1.82, 2.24) is 14.6 Å². The number of hydrogen-bond donors (Lipinski definition) is 3. The highest BCUT2D eigenvalue weighted by molar-refractivity contribution is 5.95. The fraction of sp³-hybridized carbons (Fsp3) is 0.550. The third-order valence-corrected chi connectivity index (χ3v) is 5.57. The standard InChI is InChI=1S/C20H25N5O6/c1-10(2)11(3)19(29)24-18-13-5-6-15(25(13)23-9-22-18)20(8-21)17(28)16(30-12(4)27)14(7-26)31-20/h5-6,9-11,14,16-17,26,28H,7H2,1-4H3,(H,22,23,24,29)/t11-,14+,16+,17+,20-/m0/s1. The first-order valence-electron chi connectivity index (χ1n) is 9.85. The molecule has 0 spiro atoms. The molecule has 0 saturated carbocycles. The van der Waals surface area contributed by atoms with E-state index in [1.54, 1.807) is 13.0 Å². The number of nitrogens with one attached hydrogen (secondary N) is 1. The number of nitriles is 1. The molecule has 11 heteroatoms. The van der Waals surface area contributed by atoms with E-state index >= 15 is 0 Å². The average Bonchev–Trinajstić information content (AvgIpc) is 3.28. The zero-order chi connectivity index (χ0) is 22.9. The van der Waals surface area contributed by atoms with Gasteiger partial charge in [-0.15, -0.1) is 0 Å². The summed E-state index contributed by atoms with van der Waals surface area (Å²) >= 11 is 0. The first-order valence-corrected chi connectivity index (χ1v) is 9.85. The number of aliphatic hydroxyl groups is 2. The second-order valence-corrected chi connectivity index (χ2v) is 7.85. The number of rotatable bonds is 6. The summed E-state index contributed by atoms with van der Waals surface area (Å²) < 4.78 is 12.1. The van der Waals surface area contributed by atoms with E-state index in [9.17, 15) is 25.1 Å². The van der Waals surface area contributed by atoms with Crippen LogP contribution in [0.4, 0.5) is 5.82 Å². The van der Waals surface area contributed by atoms with Crippen molar-refractivity contribution < 1.29 is 29.3 Å². The van der Waals surface area contributed by atoms with E-state index in [0.29, 0.717) is 5.52 Å². The molecule has 5 atom stereocenters. The lowest BCUT2D eigenvalue weighted by Gasteiger charge is -2.24. The lowest BCUT2D eigenvalue weighted by Crippen LogP contribution is -2.42. The first-order chi connectivity index (χ1) is 14.7. The molecule has 0 aromatic carbocycles. The van der Waals surface area contributed by atoms with Gasteiger partial charge < -0.3 is 25.0 Å². The number of hydrogen-bond acceptors (Lipinski definition) is 9. The minimum atomic E-state index is -1.97. The van der Waals surface area contributed by atoms with Gasteiger partial charge in [-0.3, -0.25) is 9.59 Å². The Bertz CT molecular complexity index is 1030. The molecule has 3 rings (SSSR count). The molecule has 2 aromatic heterocycles. The van der Waals surface area contributed by atoms with Gasteiger partial charge in [-0.05, 0) is 18.1 Å². The molecular weight excluding hydrogens is 406 g/mol. The van der Waals surface area contributed by atoms with Gasteiger partial charge in [0.15, 0.2) is 11.9 Å². The fourth-order valence-corrected chi connectivity index (χ4v) is 3.49. The molecule has 0 aliphatic carbocycles. The van der Waals surface area contributed by atoms with E-state index in [0.717, 1.165) is 6.92 Å². The largest absolute Gasteiger partial charge is 0.457 e. The van der Waals surface area contributed by atoms with Crippen LogP contribution in [-0.4, -0.2) is 61.6 Å². The van der Waals surface area contributed by atoms with Crippen molar-refractivity contribution in [3.8, 4) is 6.07 Å². The molecule has 31 heavy (non-hydrogen) atoms. The van der Waals surface area contributed by atoms with Crippen molar-refractivity contribution in [1.29, 1.82) is 5.26 Å². The topological polar surface area (TPSA) is 159 Å². The molecule has 1 amide bonds. The number of aliphatic hydroxyl groups excluding tert-OH is 2. The van der Waals surface area contributed by atoms with Gasteiger partial charge in [0.2, 0.25) is 11.5 Å². The maximum absolute atomic E-state index is 12.5.